The van der Waals surface area contributed by atoms with Crippen molar-refractivity contribution in [1.29, 1.82) is 5.26 Å². The molecule has 0 amide bonds. The monoisotopic (exact) mass is 385 g/mol. The van der Waals surface area contributed by atoms with Crippen LogP contribution in [0.25, 0.3) is 10.9 Å². The van der Waals surface area contributed by atoms with E-state index >= 15 is 0 Å². The number of allylic oxidation sites excluding steroid dienone is 1. The maximum absolute atomic E-state index is 13.3. The Hall–Kier alpha value is -3.98. The number of hydrogen-bond acceptors (Lipinski definition) is 5. The van der Waals surface area contributed by atoms with E-state index < -0.39 is 5.92 Å². The molecular formula is C23H19N3O3. The van der Waals surface area contributed by atoms with Crippen molar-refractivity contribution in [2.45, 2.75) is 5.92 Å². The number of hydrogen-bond donors (Lipinski definition) is 1. The molecule has 0 aliphatic carbocycles. The zero-order valence-corrected chi connectivity index (χ0v) is 15.9. The third-order valence-electron chi connectivity index (χ3n) is 5.05. The summed E-state index contributed by atoms with van der Waals surface area (Å²) < 4.78 is 12.9. The molecule has 1 aliphatic rings. The summed E-state index contributed by atoms with van der Waals surface area (Å²) in [4.78, 5) is 13.3. The van der Waals surface area contributed by atoms with Crippen molar-refractivity contribution in [3.63, 3.8) is 0 Å². The minimum absolute atomic E-state index is 0.00962. The molecule has 4 rings (SSSR count). The molecule has 3 aromatic rings. The predicted molar refractivity (Wildman–Crippen MR) is 111 cm³/mol. The van der Waals surface area contributed by atoms with E-state index in [0.717, 1.165) is 16.5 Å². The van der Waals surface area contributed by atoms with Crippen molar-refractivity contribution < 1.29 is 9.47 Å². The quantitative estimate of drug-likeness (QED) is 0.696. The lowest BCUT2D eigenvalue weighted by molar-refractivity contribution is 0.363. The highest BCUT2D eigenvalue weighted by atomic mass is 16.5. The number of nitriles is 1. The molecule has 0 spiro atoms. The van der Waals surface area contributed by atoms with Gasteiger partial charge >= 0.3 is 0 Å². The van der Waals surface area contributed by atoms with Crippen LogP contribution in [0.4, 0.5) is 0 Å². The Morgan fingerprint density at radius 2 is 2.00 bits per heavy atom. The van der Waals surface area contributed by atoms with Crippen LogP contribution < -0.4 is 20.8 Å². The Bertz CT molecular complexity index is 1250. The summed E-state index contributed by atoms with van der Waals surface area (Å²) in [5.74, 6) is 0.455. The van der Waals surface area contributed by atoms with Gasteiger partial charge in [-0.3, -0.25) is 4.79 Å². The molecule has 6 nitrogen and oxygen atoms in total. The Morgan fingerprint density at radius 3 is 2.69 bits per heavy atom. The first kappa shape index (κ1) is 18.4. The van der Waals surface area contributed by atoms with Crippen LogP contribution in [0, 0.1) is 11.3 Å². The van der Waals surface area contributed by atoms with Crippen molar-refractivity contribution in [1.82, 2.24) is 4.57 Å². The van der Waals surface area contributed by atoms with Crippen molar-refractivity contribution in [2.75, 3.05) is 6.61 Å². The van der Waals surface area contributed by atoms with E-state index in [1.165, 1.54) is 0 Å². The van der Waals surface area contributed by atoms with Crippen LogP contribution in [0.1, 0.15) is 17.0 Å². The number of aryl methyl sites for hydroxylation is 1. The number of ether oxygens (including phenoxy) is 2. The van der Waals surface area contributed by atoms with Gasteiger partial charge in [0.1, 0.15) is 29.7 Å². The highest BCUT2D eigenvalue weighted by Crippen LogP contribution is 2.43. The average Bonchev–Trinajstić information content (AvgIpc) is 2.75. The first-order chi connectivity index (χ1) is 14.1. The molecule has 0 radical (unpaired) electrons. The fraction of sp³-hybridized carbons (Fsp3) is 0.130. The van der Waals surface area contributed by atoms with Gasteiger partial charge in [0.25, 0.3) is 5.56 Å². The molecule has 6 heteroatoms. The molecule has 0 saturated heterocycles. The fourth-order valence-corrected chi connectivity index (χ4v) is 3.67. The molecule has 0 unspecified atom stereocenters. The van der Waals surface area contributed by atoms with E-state index in [0.29, 0.717) is 23.7 Å². The number of para-hydroxylation sites is 1. The summed E-state index contributed by atoms with van der Waals surface area (Å²) in [7, 11) is 1.71. The van der Waals surface area contributed by atoms with Crippen LogP contribution in [0.5, 0.6) is 11.5 Å². The Morgan fingerprint density at radius 1 is 1.28 bits per heavy atom. The second-order valence-corrected chi connectivity index (χ2v) is 6.72. The number of rotatable bonds is 4. The Labute approximate surface area is 167 Å². The van der Waals surface area contributed by atoms with Gasteiger partial charge in [-0.2, -0.15) is 5.26 Å². The molecule has 0 saturated carbocycles. The van der Waals surface area contributed by atoms with E-state index in [4.69, 9.17) is 15.2 Å². The average molecular weight is 385 g/mol. The smallest absolute Gasteiger partial charge is 0.258 e. The van der Waals surface area contributed by atoms with Gasteiger partial charge in [-0.1, -0.05) is 36.9 Å². The third-order valence-corrected chi connectivity index (χ3v) is 5.05. The number of benzene rings is 2. The van der Waals surface area contributed by atoms with Crippen molar-refractivity contribution in [3.05, 3.63) is 94.1 Å². The van der Waals surface area contributed by atoms with Crippen LogP contribution in [0.3, 0.4) is 0 Å². The maximum Gasteiger partial charge on any atom is 0.258 e. The molecule has 2 N–H and O–H groups in total. The lowest BCUT2D eigenvalue weighted by Gasteiger charge is -2.27. The normalized spacial score (nSPS) is 15.4. The Kier molecular flexibility index (Phi) is 4.57. The summed E-state index contributed by atoms with van der Waals surface area (Å²) in [6, 6.07) is 16.8. The van der Waals surface area contributed by atoms with E-state index in [-0.39, 0.29) is 17.0 Å². The standard InChI is InChI=1S/C23H19N3O3/c1-3-12-28-15-10-8-14(9-11-15)19-17(13-24)22(25)29-21-16-6-4-5-7-18(16)26(2)23(27)20(19)21/h3-11,19H,1,12,25H2,2H3/t19-/m0/s1. The number of nitrogens with two attached hydrogens (primary N) is 1. The van der Waals surface area contributed by atoms with Gasteiger partial charge in [-0.15, -0.1) is 0 Å². The largest absolute Gasteiger partial charge is 0.490 e. The SMILES string of the molecule is C=CCOc1ccc([C@H]2C(C#N)=C(N)Oc3c2c(=O)n(C)c2ccccc32)cc1. The molecule has 29 heavy (non-hydrogen) atoms. The highest BCUT2D eigenvalue weighted by molar-refractivity contribution is 5.88. The topological polar surface area (TPSA) is 90.3 Å². The van der Waals surface area contributed by atoms with Crippen LogP contribution in [0.2, 0.25) is 0 Å². The molecule has 1 aliphatic heterocycles. The first-order valence-electron chi connectivity index (χ1n) is 9.09. The van der Waals surface area contributed by atoms with E-state index in [1.807, 2.05) is 36.4 Å². The third kappa shape index (κ3) is 2.93. The van der Waals surface area contributed by atoms with Crippen LogP contribution >= 0.6 is 0 Å². The molecule has 1 atom stereocenters. The van der Waals surface area contributed by atoms with Gasteiger partial charge in [-0.05, 0) is 29.8 Å². The molecule has 2 aromatic carbocycles. The zero-order chi connectivity index (χ0) is 20.5. The lowest BCUT2D eigenvalue weighted by Crippen LogP contribution is -2.31. The summed E-state index contributed by atoms with van der Waals surface area (Å²) in [6.07, 6.45) is 1.66. The zero-order valence-electron chi connectivity index (χ0n) is 15.9. The van der Waals surface area contributed by atoms with E-state index in [1.54, 1.807) is 29.8 Å². The first-order valence-corrected chi connectivity index (χ1v) is 9.09. The molecule has 2 heterocycles. The number of fused-ring (bicyclic) bond motifs is 3. The summed E-state index contributed by atoms with van der Waals surface area (Å²) in [5.41, 5.74) is 7.97. The van der Waals surface area contributed by atoms with Gasteiger partial charge in [0.2, 0.25) is 5.88 Å². The van der Waals surface area contributed by atoms with Crippen molar-refractivity contribution in [2.24, 2.45) is 12.8 Å². The summed E-state index contributed by atoms with van der Waals surface area (Å²) in [5, 5.41) is 10.5. The summed E-state index contributed by atoms with van der Waals surface area (Å²) >= 11 is 0. The van der Waals surface area contributed by atoms with Gasteiger partial charge < -0.3 is 19.8 Å². The van der Waals surface area contributed by atoms with Gasteiger partial charge in [0, 0.05) is 12.4 Å². The van der Waals surface area contributed by atoms with Crippen LogP contribution in [-0.4, -0.2) is 11.2 Å². The second-order valence-electron chi connectivity index (χ2n) is 6.72. The van der Waals surface area contributed by atoms with Gasteiger partial charge in [-0.25, -0.2) is 0 Å². The summed E-state index contributed by atoms with van der Waals surface area (Å²) in [6.45, 7) is 4.02. The lowest BCUT2D eigenvalue weighted by atomic mass is 9.83. The van der Waals surface area contributed by atoms with Crippen molar-refractivity contribution >= 4 is 10.9 Å². The minimum atomic E-state index is -0.625. The van der Waals surface area contributed by atoms with Crippen LogP contribution in [0.15, 0.2) is 77.4 Å². The number of pyridine rings is 1. The molecular weight excluding hydrogens is 366 g/mol. The number of aromatic nitrogens is 1. The van der Waals surface area contributed by atoms with Crippen LogP contribution in [-0.2, 0) is 7.05 Å². The van der Waals surface area contributed by atoms with E-state index in [2.05, 4.69) is 12.6 Å². The Balaban J connectivity index is 1.96. The molecule has 0 bridgehead atoms. The van der Waals surface area contributed by atoms with E-state index in [9.17, 15) is 10.1 Å². The number of nitrogens with zero attached hydrogens (tertiary/aromatic N) is 2. The maximum atomic E-state index is 13.3. The van der Waals surface area contributed by atoms with Crippen molar-refractivity contribution in [3.8, 4) is 17.6 Å². The minimum Gasteiger partial charge on any atom is -0.490 e. The fourth-order valence-electron chi connectivity index (χ4n) is 3.67. The molecule has 0 fully saturated rings. The predicted octanol–water partition coefficient (Wildman–Crippen LogP) is 3.32. The van der Waals surface area contributed by atoms with Gasteiger partial charge in [0.15, 0.2) is 0 Å². The second kappa shape index (κ2) is 7.21. The molecule has 1 aromatic heterocycles. The van der Waals surface area contributed by atoms with Gasteiger partial charge in [0.05, 0.1) is 17.0 Å². The molecule has 144 valence electrons. The highest BCUT2D eigenvalue weighted by Gasteiger charge is 2.35.